The highest BCUT2D eigenvalue weighted by Gasteiger charge is 2.24. The van der Waals surface area contributed by atoms with Crippen LogP contribution in [0.4, 0.5) is 5.69 Å². The van der Waals surface area contributed by atoms with Gasteiger partial charge in [0, 0.05) is 41.9 Å². The van der Waals surface area contributed by atoms with Gasteiger partial charge >= 0.3 is 0 Å². The van der Waals surface area contributed by atoms with E-state index in [1.165, 1.54) is 0 Å². The second kappa shape index (κ2) is 4.94. The fourth-order valence-electron chi connectivity index (χ4n) is 2.20. The van der Waals surface area contributed by atoms with Crippen molar-refractivity contribution in [3.8, 4) is 0 Å². The van der Waals surface area contributed by atoms with Crippen molar-refractivity contribution in [3.05, 3.63) is 28.8 Å². The van der Waals surface area contributed by atoms with Crippen molar-refractivity contribution in [2.45, 2.75) is 6.42 Å². The van der Waals surface area contributed by atoms with Crippen molar-refractivity contribution >= 4 is 23.1 Å². The second-order valence-electron chi connectivity index (χ2n) is 4.36. The molecule has 1 saturated heterocycles. The van der Waals surface area contributed by atoms with Crippen LogP contribution in [0.2, 0.25) is 5.02 Å². The Bertz CT molecular complexity index is 436. The molecule has 1 aromatic rings. The topological polar surface area (TPSA) is 73.3 Å². The van der Waals surface area contributed by atoms with E-state index >= 15 is 0 Å². The van der Waals surface area contributed by atoms with Gasteiger partial charge in [0.25, 0.3) is 0 Å². The number of nitrogens with zero attached hydrogens (tertiary/aromatic N) is 1. The first kappa shape index (κ1) is 12.2. The summed E-state index contributed by atoms with van der Waals surface area (Å²) in [5.74, 6) is 0.334. The van der Waals surface area contributed by atoms with Crippen LogP contribution in [0, 0.1) is 11.3 Å². The number of rotatable bonds is 3. The van der Waals surface area contributed by atoms with Crippen LogP contribution >= 0.6 is 11.6 Å². The average Bonchev–Trinajstić information content (AvgIpc) is 2.77. The van der Waals surface area contributed by atoms with E-state index in [4.69, 9.17) is 27.9 Å². The zero-order valence-corrected chi connectivity index (χ0v) is 10.2. The van der Waals surface area contributed by atoms with Crippen molar-refractivity contribution in [3.63, 3.8) is 0 Å². The van der Waals surface area contributed by atoms with Gasteiger partial charge in [-0.25, -0.2) is 0 Å². The average molecular weight is 254 g/mol. The summed E-state index contributed by atoms with van der Waals surface area (Å²) in [6.45, 7) is 1.89. The molecular formula is C12H16ClN3O. The zero-order chi connectivity index (χ0) is 12.4. The lowest BCUT2D eigenvalue weighted by atomic mass is 10.1. The van der Waals surface area contributed by atoms with Crippen LogP contribution in [0.5, 0.6) is 0 Å². The minimum atomic E-state index is 0.0231. The van der Waals surface area contributed by atoms with Crippen LogP contribution < -0.4 is 10.6 Å². The number of halogens is 1. The SMILES string of the molecule is N=C(N)c1cc(Cl)ccc1N1CCC(CO)C1. The van der Waals surface area contributed by atoms with Gasteiger partial charge in [0.15, 0.2) is 0 Å². The van der Waals surface area contributed by atoms with E-state index in [2.05, 4.69) is 4.90 Å². The molecule has 1 heterocycles. The molecule has 2 rings (SSSR count). The molecule has 1 unspecified atom stereocenters. The van der Waals surface area contributed by atoms with Crippen molar-refractivity contribution in [2.75, 3.05) is 24.6 Å². The minimum Gasteiger partial charge on any atom is -0.396 e. The predicted molar refractivity (Wildman–Crippen MR) is 69.9 cm³/mol. The maximum Gasteiger partial charge on any atom is 0.124 e. The smallest absolute Gasteiger partial charge is 0.124 e. The van der Waals surface area contributed by atoms with Gasteiger partial charge in [-0.1, -0.05) is 11.6 Å². The van der Waals surface area contributed by atoms with E-state index in [9.17, 15) is 0 Å². The van der Waals surface area contributed by atoms with Gasteiger partial charge in [0.1, 0.15) is 5.84 Å². The number of aliphatic hydroxyl groups excluding tert-OH is 1. The normalized spacial score (nSPS) is 19.6. The van der Waals surface area contributed by atoms with E-state index in [1.54, 1.807) is 12.1 Å². The van der Waals surface area contributed by atoms with E-state index in [0.717, 1.165) is 25.2 Å². The van der Waals surface area contributed by atoms with Crippen LogP contribution in [-0.4, -0.2) is 30.6 Å². The van der Waals surface area contributed by atoms with E-state index < -0.39 is 0 Å². The summed E-state index contributed by atoms with van der Waals surface area (Å²) in [6.07, 6.45) is 0.969. The Morgan fingerprint density at radius 2 is 2.35 bits per heavy atom. The van der Waals surface area contributed by atoms with Crippen molar-refractivity contribution in [2.24, 2.45) is 11.7 Å². The summed E-state index contributed by atoms with van der Waals surface area (Å²) >= 11 is 5.91. The third-order valence-corrected chi connectivity index (χ3v) is 3.37. The Balaban J connectivity index is 2.29. The van der Waals surface area contributed by atoms with Gasteiger partial charge in [-0.05, 0) is 24.6 Å². The molecule has 0 aliphatic carbocycles. The molecule has 4 nitrogen and oxygen atoms in total. The number of hydrogen-bond donors (Lipinski definition) is 3. The monoisotopic (exact) mass is 253 g/mol. The highest BCUT2D eigenvalue weighted by molar-refractivity contribution is 6.31. The van der Waals surface area contributed by atoms with Gasteiger partial charge in [0.2, 0.25) is 0 Å². The lowest BCUT2D eigenvalue weighted by Gasteiger charge is -2.21. The molecule has 0 radical (unpaired) electrons. The van der Waals surface area contributed by atoms with E-state index in [1.807, 2.05) is 6.07 Å². The summed E-state index contributed by atoms with van der Waals surface area (Å²) in [5.41, 5.74) is 7.16. The first-order valence-corrected chi connectivity index (χ1v) is 5.99. The number of amidine groups is 1. The minimum absolute atomic E-state index is 0.0231. The number of nitrogens with one attached hydrogen (secondary N) is 1. The molecule has 0 saturated carbocycles. The molecule has 1 aromatic carbocycles. The third kappa shape index (κ3) is 2.53. The molecule has 92 valence electrons. The summed E-state index contributed by atoms with van der Waals surface area (Å²) in [7, 11) is 0. The predicted octanol–water partition coefficient (Wildman–Crippen LogP) is 1.44. The molecule has 0 amide bonds. The molecule has 0 aromatic heterocycles. The molecule has 1 atom stereocenters. The quantitative estimate of drug-likeness (QED) is 0.564. The number of aliphatic hydroxyl groups is 1. The largest absolute Gasteiger partial charge is 0.396 e. The van der Waals surface area contributed by atoms with Crippen LogP contribution in [-0.2, 0) is 0 Å². The summed E-state index contributed by atoms with van der Waals surface area (Å²) in [4.78, 5) is 2.15. The van der Waals surface area contributed by atoms with Gasteiger partial charge in [-0.15, -0.1) is 0 Å². The van der Waals surface area contributed by atoms with Crippen LogP contribution in [0.3, 0.4) is 0 Å². The van der Waals surface area contributed by atoms with Crippen molar-refractivity contribution in [1.82, 2.24) is 0 Å². The van der Waals surface area contributed by atoms with Gasteiger partial charge in [-0.2, -0.15) is 0 Å². The molecule has 5 heteroatoms. The second-order valence-corrected chi connectivity index (χ2v) is 4.79. The standard InChI is InChI=1S/C12H16ClN3O/c13-9-1-2-11(10(5-9)12(14)15)16-4-3-8(6-16)7-17/h1-2,5,8,17H,3-4,6-7H2,(H3,14,15). The van der Waals surface area contributed by atoms with E-state index in [0.29, 0.717) is 16.5 Å². The third-order valence-electron chi connectivity index (χ3n) is 3.13. The van der Waals surface area contributed by atoms with Crippen LogP contribution in [0.1, 0.15) is 12.0 Å². The summed E-state index contributed by atoms with van der Waals surface area (Å²) in [6, 6.07) is 5.40. The summed E-state index contributed by atoms with van der Waals surface area (Å²) in [5, 5.41) is 17.3. The number of nitrogen functional groups attached to an aromatic ring is 1. The molecule has 17 heavy (non-hydrogen) atoms. The van der Waals surface area contributed by atoms with Crippen LogP contribution in [0.15, 0.2) is 18.2 Å². The zero-order valence-electron chi connectivity index (χ0n) is 9.49. The Morgan fingerprint density at radius 1 is 1.59 bits per heavy atom. The lowest BCUT2D eigenvalue weighted by molar-refractivity contribution is 0.238. The summed E-state index contributed by atoms with van der Waals surface area (Å²) < 4.78 is 0. The molecule has 1 fully saturated rings. The Morgan fingerprint density at radius 3 is 2.94 bits per heavy atom. The fraction of sp³-hybridized carbons (Fsp3) is 0.417. The first-order chi connectivity index (χ1) is 8.11. The van der Waals surface area contributed by atoms with Gasteiger partial charge in [-0.3, -0.25) is 5.41 Å². The highest BCUT2D eigenvalue weighted by Crippen LogP contribution is 2.28. The first-order valence-electron chi connectivity index (χ1n) is 5.61. The Labute approximate surface area is 105 Å². The Hall–Kier alpha value is -1.26. The van der Waals surface area contributed by atoms with Gasteiger partial charge in [0.05, 0.1) is 0 Å². The molecule has 0 spiro atoms. The number of hydrogen-bond acceptors (Lipinski definition) is 3. The number of anilines is 1. The maximum atomic E-state index is 9.14. The fourth-order valence-corrected chi connectivity index (χ4v) is 2.37. The van der Waals surface area contributed by atoms with Crippen LogP contribution in [0.25, 0.3) is 0 Å². The maximum absolute atomic E-state index is 9.14. The molecule has 4 N–H and O–H groups in total. The Kier molecular flexibility index (Phi) is 3.54. The van der Waals surface area contributed by atoms with E-state index in [-0.39, 0.29) is 12.4 Å². The van der Waals surface area contributed by atoms with Gasteiger partial charge < -0.3 is 15.7 Å². The van der Waals surface area contributed by atoms with Crippen molar-refractivity contribution in [1.29, 1.82) is 5.41 Å². The lowest BCUT2D eigenvalue weighted by Crippen LogP contribution is -2.24. The number of nitrogens with two attached hydrogens (primary N) is 1. The molecule has 0 bridgehead atoms. The van der Waals surface area contributed by atoms with Crippen molar-refractivity contribution < 1.29 is 5.11 Å². The highest BCUT2D eigenvalue weighted by atomic mass is 35.5. The molecule has 1 aliphatic rings. The molecule has 1 aliphatic heterocycles. The number of benzene rings is 1. The molecular weight excluding hydrogens is 238 g/mol.